The first-order valence-electron chi connectivity index (χ1n) is 26.1. The van der Waals surface area contributed by atoms with Crippen LogP contribution in [0.1, 0.15) is 145 Å². The van der Waals surface area contributed by atoms with Crippen LogP contribution in [0.2, 0.25) is 5.02 Å². The summed E-state index contributed by atoms with van der Waals surface area (Å²) in [5.41, 5.74) is 6.56. The van der Waals surface area contributed by atoms with E-state index < -0.39 is 29.1 Å². The van der Waals surface area contributed by atoms with Crippen LogP contribution in [0.5, 0.6) is 0 Å². The lowest BCUT2D eigenvalue weighted by molar-refractivity contribution is -0.131. The van der Waals surface area contributed by atoms with Crippen LogP contribution in [0.3, 0.4) is 0 Å². The number of aromatic nitrogens is 3. The van der Waals surface area contributed by atoms with Gasteiger partial charge in [-0.05, 0) is 163 Å². The van der Waals surface area contributed by atoms with Crippen LogP contribution in [0, 0.1) is 12.3 Å². The van der Waals surface area contributed by atoms with E-state index in [9.17, 15) is 28.4 Å². The molecule has 3 aliphatic heterocycles. The first-order chi connectivity index (χ1) is 34.7. The fourth-order valence-electron chi connectivity index (χ4n) is 11.5. The number of carbonyl (C=O) groups is 4. The monoisotopic (exact) mass is 1030 g/mol. The number of benzene rings is 3. The number of amides is 3. The Hall–Kier alpha value is -5.35. The summed E-state index contributed by atoms with van der Waals surface area (Å²) in [7, 11) is 2.00. The first kappa shape index (κ1) is 52.5. The molecule has 10 rings (SSSR count). The molecule has 3 unspecified atom stereocenters. The summed E-state index contributed by atoms with van der Waals surface area (Å²) >= 11 is 8.15. The molecule has 5 aliphatic rings. The van der Waals surface area contributed by atoms with E-state index in [1.165, 1.54) is 11.1 Å². The van der Waals surface area contributed by atoms with Crippen LogP contribution < -0.4 is 21.5 Å². The predicted octanol–water partition coefficient (Wildman–Crippen LogP) is 9.28. The number of fused-ring (bicyclic) bond motifs is 5. The number of piperidine rings is 1. The van der Waals surface area contributed by atoms with Gasteiger partial charge in [-0.1, -0.05) is 74.8 Å². The lowest BCUT2D eigenvalue weighted by Crippen LogP contribution is -2.48. The number of rotatable bonds is 12. The SMILES string of the molecule is CC(C)(C)C(C=O)NC(=O)C1(F)CC1.Cc1ncsc1-c1ccc(C(CC(=O)NC2CCC(N3CCC(c4ccc5c(c4)-n4c(nc(=O)c6c(Cl)cccc64)C5(C)C)CC3)CC2)NC(=O)C2CCCN2C)cc1. The third-order valence-corrected chi connectivity index (χ3v) is 17.5. The average Bonchev–Trinajstić information content (AvgIpc) is 3.62. The minimum Gasteiger partial charge on any atom is -0.353 e. The molecule has 0 spiro atoms. The maximum Gasteiger partial charge on any atom is 0.282 e. The van der Waals surface area contributed by atoms with Crippen LogP contribution in [-0.2, 0) is 24.6 Å². The highest BCUT2D eigenvalue weighted by Crippen LogP contribution is 2.45. The zero-order valence-corrected chi connectivity index (χ0v) is 44.8. The molecule has 2 aromatic heterocycles. The van der Waals surface area contributed by atoms with E-state index in [0.29, 0.717) is 28.7 Å². The molecule has 0 radical (unpaired) electrons. The van der Waals surface area contributed by atoms with Crippen LogP contribution in [-0.4, -0.2) is 105 Å². The number of nitrogens with one attached hydrogen (secondary N) is 3. The van der Waals surface area contributed by atoms with Crippen LogP contribution in [0.4, 0.5) is 4.39 Å². The molecule has 2 saturated heterocycles. The molecule has 4 fully saturated rings. The molecule has 73 heavy (non-hydrogen) atoms. The fraction of sp³-hybridized carbons (Fsp3) is 0.526. The Bertz CT molecular complexity index is 2930. The van der Waals surface area contributed by atoms with Crippen molar-refractivity contribution in [3.63, 3.8) is 0 Å². The Balaban J connectivity index is 0.000000407. The quantitative estimate of drug-likeness (QED) is 0.104. The van der Waals surface area contributed by atoms with E-state index in [0.717, 1.165) is 110 Å². The highest BCUT2D eigenvalue weighted by atomic mass is 35.5. The molecule has 5 heterocycles. The number of hydrogen-bond donors (Lipinski definition) is 3. The van der Waals surface area contributed by atoms with E-state index in [4.69, 9.17) is 11.6 Å². The normalized spacial score (nSPS) is 22.3. The van der Waals surface area contributed by atoms with Crippen molar-refractivity contribution in [2.24, 2.45) is 5.41 Å². The van der Waals surface area contributed by atoms with Crippen LogP contribution in [0.25, 0.3) is 27.0 Å². The highest BCUT2D eigenvalue weighted by Gasteiger charge is 2.52. The van der Waals surface area contributed by atoms with Gasteiger partial charge >= 0.3 is 0 Å². The van der Waals surface area contributed by atoms with Gasteiger partial charge in [0, 0.05) is 12.1 Å². The van der Waals surface area contributed by atoms with Crippen molar-refractivity contribution in [3.05, 3.63) is 110 Å². The van der Waals surface area contributed by atoms with Crippen molar-refractivity contribution >= 4 is 57.8 Å². The summed E-state index contributed by atoms with van der Waals surface area (Å²) in [6.07, 6.45) is 9.47. The van der Waals surface area contributed by atoms with Gasteiger partial charge in [0.25, 0.3) is 11.5 Å². The summed E-state index contributed by atoms with van der Waals surface area (Å²) in [5.74, 6) is 0.550. The van der Waals surface area contributed by atoms with Gasteiger partial charge in [-0.15, -0.1) is 11.3 Å². The Morgan fingerprint density at radius 3 is 2.27 bits per heavy atom. The number of likely N-dealkylation sites (N-methyl/N-ethyl adjacent to an activating group) is 1. The molecule has 3 N–H and O–H groups in total. The molecule has 3 atom stereocenters. The maximum absolute atomic E-state index is 13.7. The number of aryl methyl sites for hydroxylation is 1. The molecule has 2 saturated carbocycles. The minimum atomic E-state index is -1.70. The number of halogens is 2. The third-order valence-electron chi connectivity index (χ3n) is 16.2. The summed E-state index contributed by atoms with van der Waals surface area (Å²) in [6.45, 7) is 14.8. The number of nitrogens with zero attached hydrogens (tertiary/aromatic N) is 5. The number of aldehydes is 1. The molecule has 3 aromatic carbocycles. The van der Waals surface area contributed by atoms with Crippen molar-refractivity contribution < 1.29 is 23.6 Å². The summed E-state index contributed by atoms with van der Waals surface area (Å²) in [4.78, 5) is 77.1. The number of thiazole rings is 1. The number of carbonyl (C=O) groups excluding carboxylic acids is 4. The summed E-state index contributed by atoms with van der Waals surface area (Å²) < 4.78 is 15.4. The molecule has 388 valence electrons. The molecule has 2 aliphatic carbocycles. The second kappa shape index (κ2) is 21.1. The molecule has 5 aromatic rings. The first-order valence-corrected chi connectivity index (χ1v) is 27.4. The third kappa shape index (κ3) is 11.1. The van der Waals surface area contributed by atoms with Crippen LogP contribution >= 0.6 is 22.9 Å². The van der Waals surface area contributed by atoms with Gasteiger partial charge in [-0.3, -0.25) is 28.6 Å². The van der Waals surface area contributed by atoms with Crippen molar-refractivity contribution in [1.29, 1.82) is 0 Å². The molecular weight excluding hydrogens is 963 g/mol. The van der Waals surface area contributed by atoms with Crippen LogP contribution in [0.15, 0.2) is 71.0 Å². The van der Waals surface area contributed by atoms with E-state index in [2.05, 4.69) is 84.5 Å². The topological polar surface area (TPSA) is 159 Å². The maximum atomic E-state index is 13.7. The number of likely N-dealkylation sites (tertiary alicyclic amines) is 2. The molecule has 0 bridgehead atoms. The average molecular weight is 1030 g/mol. The predicted molar refractivity (Wildman–Crippen MR) is 286 cm³/mol. The summed E-state index contributed by atoms with van der Waals surface area (Å²) in [6, 6.07) is 20.2. The van der Waals surface area contributed by atoms with Crippen molar-refractivity contribution in [3.8, 4) is 16.1 Å². The molecule has 13 nitrogen and oxygen atoms in total. The molecular formula is C57H70ClFN8O5S. The van der Waals surface area contributed by atoms with E-state index >= 15 is 0 Å². The second-order valence-electron chi connectivity index (χ2n) is 22.7. The molecule has 16 heteroatoms. The lowest BCUT2D eigenvalue weighted by Gasteiger charge is -2.41. The second-order valence-corrected chi connectivity index (χ2v) is 24.0. The van der Waals surface area contributed by atoms with Crippen molar-refractivity contribution in [2.45, 2.75) is 159 Å². The number of alkyl halides is 1. The van der Waals surface area contributed by atoms with Gasteiger partial charge in [0.2, 0.25) is 11.8 Å². The Morgan fingerprint density at radius 1 is 0.945 bits per heavy atom. The zero-order valence-electron chi connectivity index (χ0n) is 43.2. The minimum absolute atomic E-state index is 0.00556. The van der Waals surface area contributed by atoms with Gasteiger partial charge < -0.3 is 25.6 Å². The van der Waals surface area contributed by atoms with Crippen molar-refractivity contribution in [2.75, 3.05) is 26.7 Å². The smallest absolute Gasteiger partial charge is 0.282 e. The summed E-state index contributed by atoms with van der Waals surface area (Å²) in [5, 5.41) is 9.95. The van der Waals surface area contributed by atoms with E-state index in [1.54, 1.807) is 17.4 Å². The van der Waals surface area contributed by atoms with Gasteiger partial charge in [0.05, 0.1) is 67.7 Å². The largest absolute Gasteiger partial charge is 0.353 e. The van der Waals surface area contributed by atoms with E-state index in [-0.39, 0.29) is 54.1 Å². The van der Waals surface area contributed by atoms with Crippen molar-refractivity contribution in [1.82, 2.24) is 40.3 Å². The zero-order chi connectivity index (χ0) is 52.0. The Kier molecular flexibility index (Phi) is 15.2. The Labute approximate surface area is 437 Å². The van der Waals surface area contributed by atoms with Gasteiger partial charge in [0.1, 0.15) is 12.1 Å². The van der Waals surface area contributed by atoms with Gasteiger partial charge in [-0.25, -0.2) is 9.37 Å². The fourth-order valence-corrected chi connectivity index (χ4v) is 12.5. The Morgan fingerprint density at radius 2 is 1.66 bits per heavy atom. The number of hydrogen-bond acceptors (Lipinski definition) is 10. The van der Waals surface area contributed by atoms with E-state index in [1.807, 2.05) is 64.5 Å². The molecule has 3 amide bonds. The lowest BCUT2D eigenvalue weighted by atomic mass is 9.82. The van der Waals surface area contributed by atoms with Gasteiger partial charge in [-0.2, -0.15) is 4.98 Å². The highest BCUT2D eigenvalue weighted by molar-refractivity contribution is 7.13. The standard InChI is InChI=1S/C47H54ClN7O3S.C10H16FNO2/c1-28-43(59-27-49-28)31-12-10-30(11-13-31)37(51-44(57)39-9-6-22-53(39)4)26-41(56)50-33-15-17-34(18-16-33)54-23-20-29(21-24-54)32-14-19-35-40(25-32)55-38-8-5-7-36(48)42(38)45(58)52-46(55)47(35,2)3;1-9(2,3)7(6-13)12-8(14)10(11)4-5-10/h5,7-8,10-14,19,25,27,29,33-34,37,39H,6,9,15-18,20-24,26H2,1-4H3,(H,50,56)(H,51,57);6-7H,4-5H2,1-3H3,(H,12,14). The van der Waals surface area contributed by atoms with Gasteiger partial charge in [0.15, 0.2) is 5.67 Å².